The fraction of sp³-hybridized carbons (Fsp3) is 0.409. The predicted molar refractivity (Wildman–Crippen MR) is 116 cm³/mol. The van der Waals surface area contributed by atoms with Crippen molar-refractivity contribution in [1.82, 2.24) is 15.0 Å². The molecule has 2 aromatic heterocycles. The monoisotopic (exact) mass is 443 g/mol. The first-order chi connectivity index (χ1) is 15.1. The standard InChI is InChI=1S/C22H25N3O5S/c1-27-17-7-6-16(19(28-2)20(17)29-3)22(26)25-9-4-5-14(12-25)11-18-23-21(24-30-18)15-8-10-31-13-15/h6-8,10,13-14H,4-5,9,11-12H2,1-3H3. The number of benzene rings is 1. The molecule has 164 valence electrons. The van der Waals surface area contributed by atoms with Gasteiger partial charge in [0, 0.05) is 30.5 Å². The Bertz CT molecular complexity index is 1030. The van der Waals surface area contributed by atoms with E-state index in [0.717, 1.165) is 18.4 Å². The molecule has 8 nitrogen and oxygen atoms in total. The Balaban J connectivity index is 1.48. The van der Waals surface area contributed by atoms with Gasteiger partial charge in [-0.2, -0.15) is 16.3 Å². The van der Waals surface area contributed by atoms with Crippen molar-refractivity contribution in [2.75, 3.05) is 34.4 Å². The molecule has 1 aliphatic heterocycles. The van der Waals surface area contributed by atoms with Crippen LogP contribution >= 0.6 is 11.3 Å². The van der Waals surface area contributed by atoms with Crippen LogP contribution in [0, 0.1) is 5.92 Å². The molecule has 0 spiro atoms. The van der Waals surface area contributed by atoms with Gasteiger partial charge in [0.1, 0.15) is 0 Å². The molecule has 1 fully saturated rings. The van der Waals surface area contributed by atoms with Crippen molar-refractivity contribution in [3.8, 4) is 28.6 Å². The van der Waals surface area contributed by atoms with Gasteiger partial charge in [0.25, 0.3) is 5.91 Å². The minimum atomic E-state index is -0.0907. The second kappa shape index (κ2) is 9.38. The highest BCUT2D eigenvalue weighted by atomic mass is 32.1. The topological polar surface area (TPSA) is 86.9 Å². The number of piperidine rings is 1. The van der Waals surface area contributed by atoms with Crippen molar-refractivity contribution in [1.29, 1.82) is 0 Å². The van der Waals surface area contributed by atoms with Crippen LogP contribution in [-0.2, 0) is 6.42 Å². The number of hydrogen-bond donors (Lipinski definition) is 0. The van der Waals surface area contributed by atoms with Crippen molar-refractivity contribution in [2.45, 2.75) is 19.3 Å². The molecule has 0 radical (unpaired) electrons. The maximum Gasteiger partial charge on any atom is 0.257 e. The summed E-state index contributed by atoms with van der Waals surface area (Å²) in [5, 5.41) is 8.06. The number of rotatable bonds is 7. The minimum absolute atomic E-state index is 0.0907. The maximum atomic E-state index is 13.3. The lowest BCUT2D eigenvalue weighted by Gasteiger charge is -2.32. The maximum absolute atomic E-state index is 13.3. The fourth-order valence-electron chi connectivity index (χ4n) is 3.95. The van der Waals surface area contributed by atoms with Gasteiger partial charge in [0.15, 0.2) is 11.5 Å². The summed E-state index contributed by atoms with van der Waals surface area (Å²) in [5.74, 6) is 2.68. The molecule has 1 saturated heterocycles. The molecule has 31 heavy (non-hydrogen) atoms. The van der Waals surface area contributed by atoms with Gasteiger partial charge < -0.3 is 23.6 Å². The van der Waals surface area contributed by atoms with Gasteiger partial charge in [-0.1, -0.05) is 5.16 Å². The number of hydrogen-bond acceptors (Lipinski definition) is 8. The Kier molecular flexibility index (Phi) is 6.41. The number of amides is 1. The van der Waals surface area contributed by atoms with Crippen molar-refractivity contribution in [2.24, 2.45) is 5.92 Å². The number of aromatic nitrogens is 2. The molecule has 4 rings (SSSR count). The summed E-state index contributed by atoms with van der Waals surface area (Å²) < 4.78 is 21.7. The highest BCUT2D eigenvalue weighted by Gasteiger charge is 2.29. The minimum Gasteiger partial charge on any atom is -0.493 e. The summed E-state index contributed by atoms with van der Waals surface area (Å²) in [4.78, 5) is 19.7. The van der Waals surface area contributed by atoms with Crippen LogP contribution in [0.25, 0.3) is 11.4 Å². The van der Waals surface area contributed by atoms with Gasteiger partial charge in [-0.05, 0) is 42.3 Å². The number of carbonyl (C=O) groups excluding carboxylic acids is 1. The largest absolute Gasteiger partial charge is 0.493 e. The molecule has 1 amide bonds. The molecule has 3 aromatic rings. The van der Waals surface area contributed by atoms with E-state index in [1.165, 1.54) is 14.2 Å². The van der Waals surface area contributed by atoms with Crippen LogP contribution in [0.1, 0.15) is 29.1 Å². The zero-order chi connectivity index (χ0) is 21.8. The van der Waals surface area contributed by atoms with Gasteiger partial charge >= 0.3 is 0 Å². The van der Waals surface area contributed by atoms with Crippen LogP contribution < -0.4 is 14.2 Å². The molecule has 1 atom stereocenters. The third-order valence-corrected chi connectivity index (χ3v) is 6.13. The third-order valence-electron chi connectivity index (χ3n) is 5.45. The molecule has 1 aromatic carbocycles. The van der Waals surface area contributed by atoms with Gasteiger partial charge in [-0.25, -0.2) is 0 Å². The lowest BCUT2D eigenvalue weighted by molar-refractivity contribution is 0.0664. The van der Waals surface area contributed by atoms with E-state index in [2.05, 4.69) is 10.1 Å². The first-order valence-electron chi connectivity index (χ1n) is 10.1. The van der Waals surface area contributed by atoms with Crippen molar-refractivity contribution < 1.29 is 23.5 Å². The number of likely N-dealkylation sites (tertiary alicyclic amines) is 1. The number of methoxy groups -OCH3 is 3. The molecule has 0 aliphatic carbocycles. The number of thiophene rings is 1. The van der Waals surface area contributed by atoms with Crippen LogP contribution in [0.2, 0.25) is 0 Å². The average Bonchev–Trinajstić information content (AvgIpc) is 3.49. The SMILES string of the molecule is COc1ccc(C(=O)N2CCCC(Cc3nc(-c4ccsc4)no3)C2)c(OC)c1OC. The number of ether oxygens (including phenoxy) is 3. The summed E-state index contributed by atoms with van der Waals surface area (Å²) >= 11 is 1.60. The van der Waals surface area contributed by atoms with Crippen LogP contribution in [0.15, 0.2) is 33.5 Å². The summed E-state index contributed by atoms with van der Waals surface area (Å²) in [6.07, 6.45) is 2.56. The zero-order valence-electron chi connectivity index (χ0n) is 17.8. The van der Waals surface area contributed by atoms with E-state index < -0.39 is 0 Å². The molecule has 0 saturated carbocycles. The van der Waals surface area contributed by atoms with Gasteiger partial charge in [0.2, 0.25) is 17.5 Å². The Hall–Kier alpha value is -3.07. The highest BCUT2D eigenvalue weighted by Crippen LogP contribution is 2.40. The summed E-state index contributed by atoms with van der Waals surface area (Å²) in [5.41, 5.74) is 1.42. The van der Waals surface area contributed by atoms with Gasteiger partial charge in [0.05, 0.1) is 26.9 Å². The Morgan fingerprint density at radius 1 is 1.19 bits per heavy atom. The molecular weight excluding hydrogens is 418 g/mol. The lowest BCUT2D eigenvalue weighted by Crippen LogP contribution is -2.40. The third kappa shape index (κ3) is 4.36. The molecule has 1 aliphatic rings. The molecular formula is C22H25N3O5S. The van der Waals surface area contributed by atoms with E-state index in [1.54, 1.807) is 30.6 Å². The fourth-order valence-corrected chi connectivity index (χ4v) is 4.58. The van der Waals surface area contributed by atoms with E-state index in [9.17, 15) is 4.79 Å². The Morgan fingerprint density at radius 2 is 2.03 bits per heavy atom. The van der Waals surface area contributed by atoms with Crippen molar-refractivity contribution >= 4 is 17.2 Å². The van der Waals surface area contributed by atoms with Crippen molar-refractivity contribution in [3.05, 3.63) is 40.4 Å². The van der Waals surface area contributed by atoms with Crippen LogP contribution in [-0.4, -0.2) is 55.4 Å². The summed E-state index contributed by atoms with van der Waals surface area (Å²) in [7, 11) is 4.60. The van der Waals surface area contributed by atoms with Crippen LogP contribution in [0.4, 0.5) is 0 Å². The summed E-state index contributed by atoms with van der Waals surface area (Å²) in [6, 6.07) is 5.41. The average molecular weight is 444 g/mol. The van der Waals surface area contributed by atoms with E-state index >= 15 is 0 Å². The zero-order valence-corrected chi connectivity index (χ0v) is 18.6. The Labute approximate surface area is 184 Å². The second-order valence-electron chi connectivity index (χ2n) is 7.37. The molecule has 3 heterocycles. The van der Waals surface area contributed by atoms with E-state index in [0.29, 0.717) is 54.0 Å². The molecule has 1 unspecified atom stereocenters. The number of nitrogens with zero attached hydrogens (tertiary/aromatic N) is 3. The molecule has 9 heteroatoms. The quantitative estimate of drug-likeness (QED) is 0.547. The number of carbonyl (C=O) groups is 1. The van der Waals surface area contributed by atoms with Gasteiger partial charge in [-0.15, -0.1) is 0 Å². The van der Waals surface area contributed by atoms with E-state index in [1.807, 2.05) is 21.7 Å². The first kappa shape index (κ1) is 21.2. The van der Waals surface area contributed by atoms with Crippen LogP contribution in [0.5, 0.6) is 17.2 Å². The first-order valence-corrected chi connectivity index (χ1v) is 11.0. The molecule has 0 bridgehead atoms. The normalized spacial score (nSPS) is 16.2. The summed E-state index contributed by atoms with van der Waals surface area (Å²) in [6.45, 7) is 1.31. The van der Waals surface area contributed by atoms with Crippen LogP contribution in [0.3, 0.4) is 0 Å². The van der Waals surface area contributed by atoms with E-state index in [4.69, 9.17) is 18.7 Å². The lowest BCUT2D eigenvalue weighted by atomic mass is 9.94. The van der Waals surface area contributed by atoms with E-state index in [-0.39, 0.29) is 11.8 Å². The highest BCUT2D eigenvalue weighted by molar-refractivity contribution is 7.08. The smallest absolute Gasteiger partial charge is 0.257 e. The molecule has 0 N–H and O–H groups in total. The van der Waals surface area contributed by atoms with Gasteiger partial charge in [-0.3, -0.25) is 4.79 Å². The second-order valence-corrected chi connectivity index (χ2v) is 8.15. The predicted octanol–water partition coefficient (Wildman–Crippen LogP) is 3.92. The van der Waals surface area contributed by atoms with Crippen molar-refractivity contribution in [3.63, 3.8) is 0 Å². The Morgan fingerprint density at radius 3 is 2.74 bits per heavy atom.